The third kappa shape index (κ3) is 4.41. The second-order valence-corrected chi connectivity index (χ2v) is 14.5. The quantitative estimate of drug-likeness (QED) is 0.173. The molecule has 2 nitrogen and oxygen atoms in total. The zero-order chi connectivity index (χ0) is 35.3. The zero-order valence-electron chi connectivity index (χ0n) is 29.1. The highest BCUT2D eigenvalue weighted by Gasteiger charge is 2.18. The van der Waals surface area contributed by atoms with Crippen LogP contribution in [0.4, 0.5) is 0 Å². The van der Waals surface area contributed by atoms with Gasteiger partial charge in [0.05, 0.1) is 0 Å². The Kier molecular flexibility index (Phi) is 6.09. The van der Waals surface area contributed by atoms with E-state index in [4.69, 9.17) is 8.83 Å². The van der Waals surface area contributed by atoms with E-state index in [2.05, 4.69) is 182 Å². The number of furan rings is 2. The predicted octanol–water partition coefficient (Wildman–Crippen LogP) is 15.1. The summed E-state index contributed by atoms with van der Waals surface area (Å²) < 4.78 is 13.1. The third-order valence-corrected chi connectivity index (χ3v) is 11.4. The summed E-state index contributed by atoms with van der Waals surface area (Å²) in [7, 11) is 0. The normalized spacial score (nSPS) is 12.1. The average Bonchev–Trinajstić information content (AvgIpc) is 3.81. The van der Waals surface area contributed by atoms with Gasteiger partial charge in [-0.3, -0.25) is 0 Å². The molecule has 54 heavy (non-hydrogen) atoms. The summed E-state index contributed by atoms with van der Waals surface area (Å²) in [4.78, 5) is 0. The van der Waals surface area contributed by atoms with Gasteiger partial charge < -0.3 is 8.83 Å². The molecule has 0 unspecified atom stereocenters. The highest BCUT2D eigenvalue weighted by Crippen LogP contribution is 2.42. The fourth-order valence-electron chi connectivity index (χ4n) is 8.68. The molecule has 0 aliphatic heterocycles. The summed E-state index contributed by atoms with van der Waals surface area (Å²) in [5.74, 6) is 0. The highest BCUT2D eigenvalue weighted by atomic mass is 16.4. The molecule has 250 valence electrons. The van der Waals surface area contributed by atoms with Gasteiger partial charge >= 0.3 is 0 Å². The van der Waals surface area contributed by atoms with Crippen molar-refractivity contribution in [2.24, 2.45) is 0 Å². The van der Waals surface area contributed by atoms with Crippen LogP contribution in [0.5, 0.6) is 0 Å². The Morgan fingerprint density at radius 3 is 1.37 bits per heavy atom. The first kappa shape index (κ1) is 29.4. The standard InChI is InChI=1S/C52H30O2/c1-2-8-33-25-34(16-13-31(33)7-1)36-19-23-49-47(28-36)44-21-22-45-48-29-37(20-24-50(48)54-52(45)51(44)53-49)35-17-14-32-15-18-39(27-40(32)26-35)46-30-38-9-3-4-10-41(38)42-11-5-6-12-43(42)46/h1-30H. The van der Waals surface area contributed by atoms with Crippen LogP contribution in [0.1, 0.15) is 0 Å². The van der Waals surface area contributed by atoms with E-state index >= 15 is 0 Å². The molecule has 0 N–H and O–H groups in total. The minimum absolute atomic E-state index is 0.786. The van der Waals surface area contributed by atoms with E-state index in [1.54, 1.807) is 0 Å². The first-order valence-electron chi connectivity index (χ1n) is 18.5. The van der Waals surface area contributed by atoms with Crippen molar-refractivity contribution in [3.05, 3.63) is 182 Å². The first-order chi connectivity index (χ1) is 26.7. The Balaban J connectivity index is 0.954. The summed E-state index contributed by atoms with van der Waals surface area (Å²) in [6, 6.07) is 65.9. The van der Waals surface area contributed by atoms with E-state index < -0.39 is 0 Å². The van der Waals surface area contributed by atoms with E-state index in [1.807, 2.05) is 0 Å². The van der Waals surface area contributed by atoms with Crippen LogP contribution in [0.3, 0.4) is 0 Å². The molecule has 0 aliphatic rings. The van der Waals surface area contributed by atoms with Gasteiger partial charge in [-0.1, -0.05) is 121 Å². The summed E-state index contributed by atoms with van der Waals surface area (Å²) in [6.45, 7) is 0. The van der Waals surface area contributed by atoms with Crippen LogP contribution >= 0.6 is 0 Å². The molecule has 0 bridgehead atoms. The monoisotopic (exact) mass is 686 g/mol. The largest absolute Gasteiger partial charge is 0.452 e. The summed E-state index contributed by atoms with van der Waals surface area (Å²) in [6.07, 6.45) is 0. The molecule has 0 aliphatic carbocycles. The lowest BCUT2D eigenvalue weighted by Gasteiger charge is -2.12. The molecule has 0 amide bonds. The Labute approximate surface area is 310 Å². The van der Waals surface area contributed by atoms with E-state index in [0.717, 1.165) is 49.4 Å². The van der Waals surface area contributed by atoms with Gasteiger partial charge in [0.2, 0.25) is 0 Å². The second-order valence-electron chi connectivity index (χ2n) is 14.5. The maximum absolute atomic E-state index is 6.56. The Morgan fingerprint density at radius 1 is 0.241 bits per heavy atom. The molecular formula is C52H30O2. The number of benzene rings is 10. The zero-order valence-corrected chi connectivity index (χ0v) is 29.1. The SMILES string of the molecule is c1ccc2cc(-c3ccc4oc5c(ccc6c7cc(-c8ccc9ccc(-c%10cc%11ccccc%11c%11ccccc%10%11)cc9c8)ccc7oc65)c4c3)ccc2c1. The molecule has 12 aromatic rings. The second kappa shape index (κ2) is 11.2. The number of fused-ring (bicyclic) bond motifs is 12. The third-order valence-electron chi connectivity index (χ3n) is 11.4. The molecule has 2 heteroatoms. The maximum Gasteiger partial charge on any atom is 0.178 e. The van der Waals surface area contributed by atoms with Crippen molar-refractivity contribution in [1.82, 2.24) is 0 Å². The Hall–Kier alpha value is -7.16. The van der Waals surface area contributed by atoms with Gasteiger partial charge in [-0.25, -0.2) is 0 Å². The van der Waals surface area contributed by atoms with E-state index in [1.165, 1.54) is 70.9 Å². The fourth-order valence-corrected chi connectivity index (χ4v) is 8.68. The number of hydrogen-bond donors (Lipinski definition) is 0. The molecule has 0 saturated heterocycles. The van der Waals surface area contributed by atoms with Gasteiger partial charge in [0.15, 0.2) is 11.2 Å². The molecule has 0 spiro atoms. The van der Waals surface area contributed by atoms with Gasteiger partial charge in [-0.2, -0.15) is 0 Å². The molecule has 0 atom stereocenters. The van der Waals surface area contributed by atoms with Gasteiger partial charge in [0.25, 0.3) is 0 Å². The molecule has 0 radical (unpaired) electrons. The smallest absolute Gasteiger partial charge is 0.178 e. The van der Waals surface area contributed by atoms with Crippen LogP contribution in [0, 0.1) is 0 Å². The fraction of sp³-hybridized carbons (Fsp3) is 0. The van der Waals surface area contributed by atoms with Crippen molar-refractivity contribution >= 4 is 87.0 Å². The van der Waals surface area contributed by atoms with Crippen molar-refractivity contribution in [2.45, 2.75) is 0 Å². The van der Waals surface area contributed by atoms with Crippen LogP contribution in [0.2, 0.25) is 0 Å². The van der Waals surface area contributed by atoms with Gasteiger partial charge in [0, 0.05) is 21.5 Å². The van der Waals surface area contributed by atoms with Crippen molar-refractivity contribution in [3.8, 4) is 33.4 Å². The lowest BCUT2D eigenvalue weighted by molar-refractivity contribution is 0.633. The van der Waals surface area contributed by atoms with E-state index in [0.29, 0.717) is 0 Å². The maximum atomic E-state index is 6.56. The van der Waals surface area contributed by atoms with Crippen molar-refractivity contribution < 1.29 is 8.83 Å². The van der Waals surface area contributed by atoms with E-state index in [9.17, 15) is 0 Å². The summed E-state index contributed by atoms with van der Waals surface area (Å²) in [5.41, 5.74) is 10.4. The van der Waals surface area contributed by atoms with Crippen LogP contribution < -0.4 is 0 Å². The van der Waals surface area contributed by atoms with Crippen molar-refractivity contribution in [1.29, 1.82) is 0 Å². The average molecular weight is 687 g/mol. The van der Waals surface area contributed by atoms with Gasteiger partial charge in [-0.05, 0) is 137 Å². The molecular weight excluding hydrogens is 657 g/mol. The first-order valence-corrected chi connectivity index (χ1v) is 18.5. The molecule has 2 aromatic heterocycles. The highest BCUT2D eigenvalue weighted by molar-refractivity contribution is 6.20. The van der Waals surface area contributed by atoms with Crippen molar-refractivity contribution in [2.75, 3.05) is 0 Å². The molecule has 12 rings (SSSR count). The Bertz CT molecular complexity index is 3510. The van der Waals surface area contributed by atoms with Crippen LogP contribution in [0.15, 0.2) is 191 Å². The van der Waals surface area contributed by atoms with Gasteiger partial charge in [-0.15, -0.1) is 0 Å². The molecule has 0 fully saturated rings. The van der Waals surface area contributed by atoms with E-state index in [-0.39, 0.29) is 0 Å². The van der Waals surface area contributed by atoms with Crippen molar-refractivity contribution in [3.63, 3.8) is 0 Å². The summed E-state index contributed by atoms with van der Waals surface area (Å²) >= 11 is 0. The minimum atomic E-state index is 0.786. The minimum Gasteiger partial charge on any atom is -0.452 e. The van der Waals surface area contributed by atoms with Crippen LogP contribution in [-0.4, -0.2) is 0 Å². The lowest BCUT2D eigenvalue weighted by Crippen LogP contribution is -1.86. The molecule has 0 saturated carbocycles. The Morgan fingerprint density at radius 2 is 0.704 bits per heavy atom. The van der Waals surface area contributed by atoms with Crippen LogP contribution in [-0.2, 0) is 0 Å². The lowest BCUT2D eigenvalue weighted by atomic mass is 9.91. The summed E-state index contributed by atoms with van der Waals surface area (Å²) in [5, 5.41) is 14.3. The number of hydrogen-bond acceptors (Lipinski definition) is 2. The van der Waals surface area contributed by atoms with Gasteiger partial charge in [0.1, 0.15) is 11.2 Å². The predicted molar refractivity (Wildman–Crippen MR) is 227 cm³/mol. The van der Waals surface area contributed by atoms with Crippen LogP contribution in [0.25, 0.3) is 120 Å². The number of rotatable bonds is 3. The molecule has 2 heterocycles. The topological polar surface area (TPSA) is 26.3 Å². The molecule has 10 aromatic carbocycles.